The molecule has 0 bridgehead atoms. The van der Waals surface area contributed by atoms with Crippen LogP contribution in [0.3, 0.4) is 0 Å². The van der Waals surface area contributed by atoms with Crippen LogP contribution in [0.25, 0.3) is 0 Å². The maximum Gasteiger partial charge on any atom is 0.323 e. The molecule has 0 aliphatic carbocycles. The first-order valence-corrected chi connectivity index (χ1v) is 12.2. The van der Waals surface area contributed by atoms with Gasteiger partial charge in [0.2, 0.25) is 5.91 Å². The second-order valence-electron chi connectivity index (χ2n) is 8.43. The van der Waals surface area contributed by atoms with Gasteiger partial charge in [-0.25, -0.2) is 4.79 Å². The quantitative estimate of drug-likeness (QED) is 0.474. The average Bonchev–Trinajstić information content (AvgIpc) is 3.37. The lowest BCUT2D eigenvalue weighted by Gasteiger charge is -2.31. The zero-order chi connectivity index (χ0) is 23.9. The second kappa shape index (κ2) is 11.0. The number of anilines is 2. The summed E-state index contributed by atoms with van der Waals surface area (Å²) < 4.78 is 0. The number of hydrogen-bond acceptors (Lipinski definition) is 4. The minimum atomic E-state index is -0.329. The Kier molecular flexibility index (Phi) is 7.59. The Morgan fingerprint density at radius 3 is 2.50 bits per heavy atom. The van der Waals surface area contributed by atoms with E-state index in [1.165, 1.54) is 11.3 Å². The van der Waals surface area contributed by atoms with Gasteiger partial charge >= 0.3 is 6.03 Å². The molecule has 1 fully saturated rings. The predicted octanol–water partition coefficient (Wildman–Crippen LogP) is 4.87. The van der Waals surface area contributed by atoms with Crippen molar-refractivity contribution in [1.29, 1.82) is 0 Å². The summed E-state index contributed by atoms with van der Waals surface area (Å²) in [7, 11) is 0. The maximum atomic E-state index is 12.8. The van der Waals surface area contributed by atoms with Crippen LogP contribution in [0.15, 0.2) is 66.0 Å². The normalized spacial score (nSPS) is 15.4. The van der Waals surface area contributed by atoms with E-state index < -0.39 is 0 Å². The molecule has 3 aromatic rings. The van der Waals surface area contributed by atoms with Crippen molar-refractivity contribution >= 4 is 40.6 Å². The van der Waals surface area contributed by atoms with Crippen LogP contribution in [0.5, 0.6) is 0 Å². The van der Waals surface area contributed by atoms with Crippen LogP contribution < -0.4 is 16.0 Å². The molecule has 34 heavy (non-hydrogen) atoms. The van der Waals surface area contributed by atoms with E-state index in [1.54, 1.807) is 11.0 Å². The van der Waals surface area contributed by atoms with E-state index in [-0.39, 0.29) is 23.8 Å². The lowest BCUT2D eigenvalue weighted by molar-refractivity contribution is -0.126. The molecule has 1 saturated heterocycles. The third-order valence-corrected chi connectivity index (χ3v) is 6.60. The summed E-state index contributed by atoms with van der Waals surface area (Å²) in [5.74, 6) is -0.284. The lowest BCUT2D eigenvalue weighted by Crippen LogP contribution is -2.45. The highest BCUT2D eigenvalue weighted by molar-refractivity contribution is 7.12. The number of hydrogen-bond donors (Lipinski definition) is 3. The summed E-state index contributed by atoms with van der Waals surface area (Å²) in [4.78, 5) is 40.2. The summed E-state index contributed by atoms with van der Waals surface area (Å²) in [5, 5.41) is 10.5. The van der Waals surface area contributed by atoms with E-state index in [0.29, 0.717) is 30.2 Å². The van der Waals surface area contributed by atoms with E-state index in [9.17, 15) is 14.4 Å². The molecule has 0 spiro atoms. The predicted molar refractivity (Wildman–Crippen MR) is 135 cm³/mol. The number of thiophene rings is 1. The minimum Gasteiger partial charge on any atom is -0.352 e. The van der Waals surface area contributed by atoms with Crippen molar-refractivity contribution in [2.45, 2.75) is 26.3 Å². The van der Waals surface area contributed by atoms with Crippen molar-refractivity contribution in [3.8, 4) is 0 Å². The summed E-state index contributed by atoms with van der Waals surface area (Å²) in [5.41, 5.74) is 3.30. The highest BCUT2D eigenvalue weighted by atomic mass is 32.1. The summed E-state index contributed by atoms with van der Waals surface area (Å²) in [6.07, 6.45) is 1.57. The van der Waals surface area contributed by atoms with Crippen molar-refractivity contribution in [3.05, 3.63) is 82.0 Å². The van der Waals surface area contributed by atoms with Crippen LogP contribution in [0.4, 0.5) is 16.2 Å². The first-order valence-electron chi connectivity index (χ1n) is 11.3. The van der Waals surface area contributed by atoms with Gasteiger partial charge in [0.05, 0.1) is 10.8 Å². The fourth-order valence-electron chi connectivity index (χ4n) is 4.04. The molecule has 1 atom stereocenters. The van der Waals surface area contributed by atoms with Crippen LogP contribution in [-0.4, -0.2) is 35.8 Å². The van der Waals surface area contributed by atoms with Gasteiger partial charge in [-0.15, -0.1) is 11.3 Å². The number of benzene rings is 2. The van der Waals surface area contributed by atoms with Crippen LogP contribution in [0.1, 0.15) is 33.6 Å². The molecule has 3 N–H and O–H groups in total. The van der Waals surface area contributed by atoms with E-state index in [4.69, 9.17) is 0 Å². The fourth-order valence-corrected chi connectivity index (χ4v) is 4.73. The van der Waals surface area contributed by atoms with Gasteiger partial charge in [0.15, 0.2) is 0 Å². The van der Waals surface area contributed by atoms with Crippen LogP contribution in [0, 0.1) is 12.8 Å². The molecule has 2 aromatic carbocycles. The third kappa shape index (κ3) is 6.23. The molecule has 1 aliphatic heterocycles. The molecule has 176 valence electrons. The summed E-state index contributed by atoms with van der Waals surface area (Å²) in [6, 6.07) is 18.3. The fraction of sp³-hybridized carbons (Fsp3) is 0.269. The molecule has 1 unspecified atom stereocenters. The van der Waals surface area contributed by atoms with Gasteiger partial charge in [-0.2, -0.15) is 0 Å². The van der Waals surface area contributed by atoms with Crippen molar-refractivity contribution in [1.82, 2.24) is 10.2 Å². The van der Waals surface area contributed by atoms with Crippen LogP contribution in [-0.2, 0) is 11.3 Å². The smallest absolute Gasteiger partial charge is 0.323 e. The number of urea groups is 1. The number of nitrogens with zero attached hydrogens (tertiary/aromatic N) is 1. The van der Waals surface area contributed by atoms with Gasteiger partial charge in [0.1, 0.15) is 0 Å². The molecule has 7 nitrogen and oxygen atoms in total. The van der Waals surface area contributed by atoms with Gasteiger partial charge in [0.25, 0.3) is 5.91 Å². The molecule has 0 saturated carbocycles. The topological polar surface area (TPSA) is 90.5 Å². The van der Waals surface area contributed by atoms with Crippen molar-refractivity contribution in [3.63, 3.8) is 0 Å². The molecule has 0 radical (unpaired) electrons. The highest BCUT2D eigenvalue weighted by Gasteiger charge is 2.29. The maximum absolute atomic E-state index is 12.8. The van der Waals surface area contributed by atoms with E-state index in [0.717, 1.165) is 29.7 Å². The Morgan fingerprint density at radius 2 is 1.76 bits per heavy atom. The first-order chi connectivity index (χ1) is 16.5. The molecule has 2 heterocycles. The van der Waals surface area contributed by atoms with Gasteiger partial charge in [-0.3, -0.25) is 9.59 Å². The zero-order valence-corrected chi connectivity index (χ0v) is 19.9. The number of carbonyl (C=O) groups excluding carboxylic acids is 3. The number of rotatable bonds is 6. The van der Waals surface area contributed by atoms with Crippen LogP contribution >= 0.6 is 11.3 Å². The Balaban J connectivity index is 1.28. The minimum absolute atomic E-state index is 0.00443. The summed E-state index contributed by atoms with van der Waals surface area (Å²) in [6.45, 7) is 3.43. The number of carbonyl (C=O) groups is 3. The molecule has 4 amide bonds. The Hall–Kier alpha value is -3.65. The molecular formula is C26H28N4O3S. The second-order valence-corrected chi connectivity index (χ2v) is 9.38. The van der Waals surface area contributed by atoms with Crippen LogP contribution in [0.2, 0.25) is 0 Å². The van der Waals surface area contributed by atoms with Gasteiger partial charge in [0, 0.05) is 31.0 Å². The molecular weight excluding hydrogens is 448 g/mol. The summed E-state index contributed by atoms with van der Waals surface area (Å²) >= 11 is 1.42. The number of nitrogens with one attached hydrogen (secondary N) is 3. The lowest BCUT2D eigenvalue weighted by atomic mass is 9.97. The Bertz CT molecular complexity index is 1160. The monoisotopic (exact) mass is 476 g/mol. The highest BCUT2D eigenvalue weighted by Crippen LogP contribution is 2.21. The number of aryl methyl sites for hydroxylation is 1. The largest absolute Gasteiger partial charge is 0.352 e. The molecule has 1 aromatic heterocycles. The van der Waals surface area contributed by atoms with E-state index >= 15 is 0 Å². The standard InChI is InChI=1S/C26H28N4O3S/c1-18-6-2-9-21(14-18)28-26(33)29-22-10-3-7-19(15-22)16-27-24(31)20-8-4-12-30(17-20)25(32)23-11-5-13-34-23/h2-3,5-7,9-11,13-15,20H,4,8,12,16-17H2,1H3,(H,27,31)(H2,28,29,33). The SMILES string of the molecule is Cc1cccc(NC(=O)Nc2cccc(CNC(=O)C3CCCN(C(=O)c4cccs4)C3)c2)c1. The molecule has 8 heteroatoms. The van der Waals surface area contributed by atoms with Gasteiger partial charge < -0.3 is 20.9 Å². The van der Waals surface area contributed by atoms with Crippen molar-refractivity contribution in [2.75, 3.05) is 23.7 Å². The first kappa shape index (κ1) is 23.5. The van der Waals surface area contributed by atoms with Crippen molar-refractivity contribution in [2.24, 2.45) is 5.92 Å². The molecule has 1 aliphatic rings. The van der Waals surface area contributed by atoms with E-state index in [2.05, 4.69) is 16.0 Å². The third-order valence-electron chi connectivity index (χ3n) is 5.74. The number of piperidine rings is 1. The molecule has 4 rings (SSSR count). The Morgan fingerprint density at radius 1 is 1.00 bits per heavy atom. The zero-order valence-electron chi connectivity index (χ0n) is 19.0. The van der Waals surface area contributed by atoms with E-state index in [1.807, 2.05) is 66.9 Å². The van der Waals surface area contributed by atoms with Gasteiger partial charge in [-0.1, -0.05) is 30.3 Å². The van der Waals surface area contributed by atoms with Crippen molar-refractivity contribution < 1.29 is 14.4 Å². The Labute approximate surface area is 203 Å². The number of amides is 4. The number of likely N-dealkylation sites (tertiary alicyclic amines) is 1. The average molecular weight is 477 g/mol. The van der Waals surface area contributed by atoms with Gasteiger partial charge in [-0.05, 0) is 66.6 Å².